The summed E-state index contributed by atoms with van der Waals surface area (Å²) < 4.78 is 0. The molecule has 1 aromatic heterocycles. The first-order valence-electron chi connectivity index (χ1n) is 4.31. The summed E-state index contributed by atoms with van der Waals surface area (Å²) >= 11 is 1.79. The highest BCUT2D eigenvalue weighted by Crippen LogP contribution is 2.29. The molecule has 13 heavy (non-hydrogen) atoms. The molecule has 0 saturated heterocycles. The molecule has 3 heteroatoms. The Morgan fingerprint density at radius 2 is 2.23 bits per heavy atom. The van der Waals surface area contributed by atoms with Crippen LogP contribution in [0, 0.1) is 0 Å². The van der Waals surface area contributed by atoms with Gasteiger partial charge in [0.2, 0.25) is 0 Å². The van der Waals surface area contributed by atoms with E-state index >= 15 is 0 Å². The highest BCUT2D eigenvalue weighted by molar-refractivity contribution is 8.14. The van der Waals surface area contributed by atoms with Gasteiger partial charge in [0.15, 0.2) is 0 Å². The van der Waals surface area contributed by atoms with Gasteiger partial charge in [0, 0.05) is 11.9 Å². The molecule has 0 radical (unpaired) electrons. The van der Waals surface area contributed by atoms with Crippen molar-refractivity contribution >= 4 is 16.8 Å². The van der Waals surface area contributed by atoms with Gasteiger partial charge in [-0.25, -0.2) is 0 Å². The summed E-state index contributed by atoms with van der Waals surface area (Å²) in [6.07, 6.45) is 1.81. The quantitative estimate of drug-likeness (QED) is 0.682. The van der Waals surface area contributed by atoms with Crippen LogP contribution in [-0.4, -0.2) is 21.3 Å². The molecule has 0 N–H and O–H groups in total. The normalized spacial score (nSPS) is 20.0. The van der Waals surface area contributed by atoms with Gasteiger partial charge in [0.25, 0.3) is 0 Å². The molecular weight excluding hydrogens is 180 g/mol. The van der Waals surface area contributed by atoms with Crippen molar-refractivity contribution in [1.29, 1.82) is 0 Å². The van der Waals surface area contributed by atoms with Gasteiger partial charge in [-0.2, -0.15) is 0 Å². The molecule has 1 aliphatic rings. The molecule has 0 amide bonds. The molecule has 0 atom stereocenters. The number of rotatable bonds is 1. The third kappa shape index (κ3) is 1.91. The lowest BCUT2D eigenvalue weighted by Crippen LogP contribution is -2.15. The van der Waals surface area contributed by atoms with Crippen LogP contribution in [0.5, 0.6) is 0 Å². The first-order valence-corrected chi connectivity index (χ1v) is 5.30. The predicted octanol–water partition coefficient (Wildman–Crippen LogP) is 2.35. The molecule has 1 aromatic rings. The summed E-state index contributed by atoms with van der Waals surface area (Å²) in [4.78, 5) is 8.88. The van der Waals surface area contributed by atoms with Crippen molar-refractivity contribution in [3.8, 4) is 0 Å². The first kappa shape index (κ1) is 8.75. The van der Waals surface area contributed by atoms with Gasteiger partial charge in [0.1, 0.15) is 5.04 Å². The van der Waals surface area contributed by atoms with Gasteiger partial charge in [-0.05, 0) is 26.0 Å². The lowest BCUT2D eigenvalue weighted by Gasteiger charge is -2.09. The Kier molecular flexibility index (Phi) is 2.12. The Balaban J connectivity index is 2.30. The lowest BCUT2D eigenvalue weighted by molar-refractivity contribution is 0.605. The van der Waals surface area contributed by atoms with Crippen molar-refractivity contribution in [3.05, 3.63) is 30.1 Å². The Labute approximate surface area is 82.5 Å². The van der Waals surface area contributed by atoms with E-state index < -0.39 is 0 Å². The van der Waals surface area contributed by atoms with Crippen molar-refractivity contribution in [2.45, 2.75) is 19.4 Å². The first-order chi connectivity index (χ1) is 6.17. The fourth-order valence-corrected chi connectivity index (χ4v) is 2.34. The summed E-state index contributed by atoms with van der Waals surface area (Å²) in [5.41, 5.74) is 1.08. The average molecular weight is 192 g/mol. The summed E-state index contributed by atoms with van der Waals surface area (Å²) in [5.74, 6) is 1.05. The van der Waals surface area contributed by atoms with Crippen molar-refractivity contribution in [1.82, 2.24) is 4.98 Å². The molecule has 0 spiro atoms. The number of nitrogens with zero attached hydrogens (tertiary/aromatic N) is 2. The monoisotopic (exact) mass is 192 g/mol. The third-order valence-corrected chi connectivity index (χ3v) is 3.27. The molecule has 0 saturated carbocycles. The highest BCUT2D eigenvalue weighted by Gasteiger charge is 2.26. The molecule has 68 valence electrons. The van der Waals surface area contributed by atoms with Crippen molar-refractivity contribution < 1.29 is 0 Å². The molecule has 2 rings (SSSR count). The van der Waals surface area contributed by atoms with Gasteiger partial charge in [-0.1, -0.05) is 6.07 Å². The SMILES string of the molecule is CC1(C)CSC(c2ccccn2)=N1. The van der Waals surface area contributed by atoms with E-state index in [1.807, 2.05) is 24.4 Å². The van der Waals surface area contributed by atoms with Crippen LogP contribution in [0.4, 0.5) is 0 Å². The van der Waals surface area contributed by atoms with Gasteiger partial charge in [-0.15, -0.1) is 11.8 Å². The number of aromatic nitrogens is 1. The standard InChI is InChI=1S/C10H12N2S/c1-10(2)7-13-9(12-10)8-5-3-4-6-11-8/h3-6H,7H2,1-2H3. The zero-order chi connectivity index (χ0) is 9.31. The molecular formula is C10H12N2S. The fraction of sp³-hybridized carbons (Fsp3) is 0.400. The average Bonchev–Trinajstić information content (AvgIpc) is 2.48. The van der Waals surface area contributed by atoms with Crippen molar-refractivity contribution in [2.75, 3.05) is 5.75 Å². The zero-order valence-electron chi connectivity index (χ0n) is 7.82. The highest BCUT2D eigenvalue weighted by atomic mass is 32.2. The molecule has 2 heterocycles. The summed E-state index contributed by atoms with van der Waals surface area (Å²) in [6, 6.07) is 5.93. The molecule has 0 aromatic carbocycles. The van der Waals surface area contributed by atoms with Crippen LogP contribution in [0.1, 0.15) is 19.5 Å². The summed E-state index contributed by atoms with van der Waals surface area (Å²) in [5, 5.41) is 1.07. The number of aliphatic imine (C=N–C) groups is 1. The van der Waals surface area contributed by atoms with E-state index in [1.165, 1.54) is 0 Å². The van der Waals surface area contributed by atoms with Crippen LogP contribution in [0.2, 0.25) is 0 Å². The predicted molar refractivity (Wildman–Crippen MR) is 57.3 cm³/mol. The second-order valence-electron chi connectivity index (χ2n) is 3.73. The number of thioether (sulfide) groups is 1. The Morgan fingerprint density at radius 1 is 1.38 bits per heavy atom. The Morgan fingerprint density at radius 3 is 2.77 bits per heavy atom. The molecule has 0 fully saturated rings. The second-order valence-corrected chi connectivity index (χ2v) is 4.70. The van der Waals surface area contributed by atoms with E-state index in [1.54, 1.807) is 11.8 Å². The molecule has 1 aliphatic heterocycles. The van der Waals surface area contributed by atoms with Crippen LogP contribution in [0.25, 0.3) is 0 Å². The summed E-state index contributed by atoms with van der Waals surface area (Å²) in [6.45, 7) is 4.30. The van der Waals surface area contributed by atoms with Crippen LogP contribution in [-0.2, 0) is 0 Å². The van der Waals surface area contributed by atoms with E-state index in [0.717, 1.165) is 16.5 Å². The smallest absolute Gasteiger partial charge is 0.117 e. The van der Waals surface area contributed by atoms with E-state index in [2.05, 4.69) is 23.8 Å². The van der Waals surface area contributed by atoms with Gasteiger partial charge >= 0.3 is 0 Å². The second kappa shape index (κ2) is 3.14. The van der Waals surface area contributed by atoms with Crippen molar-refractivity contribution in [2.24, 2.45) is 4.99 Å². The van der Waals surface area contributed by atoms with Crippen LogP contribution in [0.15, 0.2) is 29.4 Å². The lowest BCUT2D eigenvalue weighted by atomic mass is 10.1. The van der Waals surface area contributed by atoms with E-state index in [4.69, 9.17) is 0 Å². The van der Waals surface area contributed by atoms with E-state index in [0.29, 0.717) is 0 Å². The Hall–Kier alpha value is -0.830. The van der Waals surface area contributed by atoms with Crippen LogP contribution < -0.4 is 0 Å². The minimum atomic E-state index is 0.0809. The number of pyridine rings is 1. The minimum Gasteiger partial charge on any atom is -0.269 e. The molecule has 0 bridgehead atoms. The molecule has 0 unspecified atom stereocenters. The minimum absolute atomic E-state index is 0.0809. The summed E-state index contributed by atoms with van der Waals surface area (Å²) in [7, 11) is 0. The van der Waals surface area contributed by atoms with Gasteiger partial charge in [-0.3, -0.25) is 9.98 Å². The van der Waals surface area contributed by atoms with E-state index in [-0.39, 0.29) is 5.54 Å². The van der Waals surface area contributed by atoms with Crippen LogP contribution >= 0.6 is 11.8 Å². The van der Waals surface area contributed by atoms with E-state index in [9.17, 15) is 0 Å². The maximum Gasteiger partial charge on any atom is 0.117 e. The topological polar surface area (TPSA) is 25.2 Å². The fourth-order valence-electron chi connectivity index (χ4n) is 1.20. The van der Waals surface area contributed by atoms with Gasteiger partial charge < -0.3 is 0 Å². The maximum atomic E-state index is 4.61. The third-order valence-electron chi connectivity index (χ3n) is 1.85. The van der Waals surface area contributed by atoms with Crippen LogP contribution in [0.3, 0.4) is 0 Å². The van der Waals surface area contributed by atoms with Gasteiger partial charge in [0.05, 0.1) is 11.2 Å². The zero-order valence-corrected chi connectivity index (χ0v) is 8.64. The Bertz CT molecular complexity index is 330. The molecule has 2 nitrogen and oxygen atoms in total. The maximum absolute atomic E-state index is 4.61. The largest absolute Gasteiger partial charge is 0.269 e. The van der Waals surface area contributed by atoms with Crippen molar-refractivity contribution in [3.63, 3.8) is 0 Å². The number of hydrogen-bond donors (Lipinski definition) is 0. The molecule has 0 aliphatic carbocycles. The number of hydrogen-bond acceptors (Lipinski definition) is 3.